The van der Waals surface area contributed by atoms with E-state index in [4.69, 9.17) is 21.1 Å². The first kappa shape index (κ1) is 22.5. The molecule has 3 heterocycles. The number of halogens is 1. The normalized spacial score (nSPS) is 11.0. The summed E-state index contributed by atoms with van der Waals surface area (Å²) < 4.78 is 14.2. The number of pyridine rings is 2. The van der Waals surface area contributed by atoms with E-state index in [0.29, 0.717) is 35.2 Å². The van der Waals surface area contributed by atoms with Gasteiger partial charge in [0.1, 0.15) is 18.2 Å². The highest BCUT2D eigenvalue weighted by Crippen LogP contribution is 2.20. The Morgan fingerprint density at radius 3 is 2.73 bits per heavy atom. The highest BCUT2D eigenvalue weighted by Gasteiger charge is 2.12. The number of aromatic nitrogens is 4. The molecular weight excluding hydrogens is 444 g/mol. The zero-order chi connectivity index (χ0) is 23.4. The number of benzene rings is 1. The van der Waals surface area contributed by atoms with Crippen LogP contribution < -0.4 is 10.3 Å². The predicted molar refractivity (Wildman–Crippen MR) is 125 cm³/mol. The maximum atomic E-state index is 12.7. The Kier molecular flexibility index (Phi) is 6.74. The third-order valence-electron chi connectivity index (χ3n) is 5.16. The fourth-order valence-electron chi connectivity index (χ4n) is 3.46. The molecule has 0 fully saturated rings. The summed E-state index contributed by atoms with van der Waals surface area (Å²) in [5.41, 5.74) is 2.86. The highest BCUT2D eigenvalue weighted by molar-refractivity contribution is 6.30. The van der Waals surface area contributed by atoms with Crippen LogP contribution in [0.4, 0.5) is 0 Å². The van der Waals surface area contributed by atoms with Crippen LogP contribution in [0.5, 0.6) is 5.75 Å². The molecule has 0 atom stereocenters. The molecule has 0 aliphatic rings. The topological polar surface area (TPSA) is 88.2 Å². The molecule has 0 unspecified atom stereocenters. The van der Waals surface area contributed by atoms with E-state index in [1.807, 2.05) is 29.8 Å². The quantitative estimate of drug-likeness (QED) is 0.366. The van der Waals surface area contributed by atoms with Gasteiger partial charge in [-0.05, 0) is 43.3 Å². The average molecular weight is 467 g/mol. The van der Waals surface area contributed by atoms with Gasteiger partial charge >= 0.3 is 5.97 Å². The molecular formula is C24H23ClN4O4. The Morgan fingerprint density at radius 1 is 1.15 bits per heavy atom. The van der Waals surface area contributed by atoms with Crippen LogP contribution in [0, 0.1) is 0 Å². The summed E-state index contributed by atoms with van der Waals surface area (Å²) in [6, 6.07) is 12.3. The van der Waals surface area contributed by atoms with Crippen molar-refractivity contribution >= 4 is 28.6 Å². The molecule has 33 heavy (non-hydrogen) atoms. The average Bonchev–Trinajstić information content (AvgIpc) is 3.12. The molecule has 0 amide bonds. The van der Waals surface area contributed by atoms with Gasteiger partial charge in [-0.3, -0.25) is 19.1 Å². The van der Waals surface area contributed by atoms with Gasteiger partial charge < -0.3 is 14.0 Å². The summed E-state index contributed by atoms with van der Waals surface area (Å²) in [6.45, 7) is 2.38. The largest absolute Gasteiger partial charge is 0.487 e. The van der Waals surface area contributed by atoms with E-state index < -0.39 is 0 Å². The Morgan fingerprint density at radius 2 is 2.00 bits per heavy atom. The number of rotatable bonds is 8. The van der Waals surface area contributed by atoms with Gasteiger partial charge in [-0.2, -0.15) is 0 Å². The summed E-state index contributed by atoms with van der Waals surface area (Å²) in [5, 5.41) is 0.554. The standard InChI is InChI=1S/C24H23ClN4O4/c1-3-32-24(31)9-8-22-27-20-7-6-18(12-21(20)28(22)2)29-11-10-19(13-23(29)30)33-15-17-5-4-16(25)14-26-17/h4-7,10-14H,3,8-9,15H2,1-2H3. The molecule has 0 saturated heterocycles. The summed E-state index contributed by atoms with van der Waals surface area (Å²) in [7, 11) is 1.89. The van der Waals surface area contributed by atoms with Crippen LogP contribution in [0.2, 0.25) is 5.02 Å². The van der Waals surface area contributed by atoms with Gasteiger partial charge in [0, 0.05) is 31.9 Å². The van der Waals surface area contributed by atoms with Crippen molar-refractivity contribution in [2.24, 2.45) is 7.05 Å². The number of aryl methyl sites for hydroxylation is 2. The van der Waals surface area contributed by atoms with Crippen molar-refractivity contribution < 1.29 is 14.3 Å². The fraction of sp³-hybridized carbons (Fsp3) is 0.250. The lowest BCUT2D eigenvalue weighted by molar-refractivity contribution is -0.143. The van der Waals surface area contributed by atoms with Crippen molar-refractivity contribution in [3.05, 3.63) is 81.8 Å². The minimum atomic E-state index is -0.244. The third-order valence-corrected chi connectivity index (χ3v) is 5.38. The van der Waals surface area contributed by atoms with Gasteiger partial charge in [0.15, 0.2) is 0 Å². The maximum Gasteiger partial charge on any atom is 0.306 e. The molecule has 0 aliphatic heterocycles. The van der Waals surface area contributed by atoms with Gasteiger partial charge in [-0.25, -0.2) is 4.98 Å². The Labute approximate surface area is 195 Å². The Balaban J connectivity index is 1.52. The second-order valence-corrected chi connectivity index (χ2v) is 7.83. The molecule has 1 aromatic carbocycles. The van der Waals surface area contributed by atoms with E-state index in [9.17, 15) is 9.59 Å². The molecule has 3 aromatic heterocycles. The second kappa shape index (κ2) is 9.87. The molecule has 0 N–H and O–H groups in total. The van der Waals surface area contributed by atoms with Crippen LogP contribution >= 0.6 is 11.6 Å². The number of imidazole rings is 1. The smallest absolute Gasteiger partial charge is 0.306 e. The van der Waals surface area contributed by atoms with Crippen LogP contribution in [0.25, 0.3) is 16.7 Å². The van der Waals surface area contributed by atoms with E-state index in [-0.39, 0.29) is 24.6 Å². The molecule has 0 bridgehead atoms. The first-order chi connectivity index (χ1) is 15.9. The van der Waals surface area contributed by atoms with Crippen molar-refractivity contribution in [2.75, 3.05) is 6.61 Å². The van der Waals surface area contributed by atoms with Gasteiger partial charge in [-0.1, -0.05) is 11.6 Å². The zero-order valence-corrected chi connectivity index (χ0v) is 19.1. The highest BCUT2D eigenvalue weighted by atomic mass is 35.5. The van der Waals surface area contributed by atoms with Crippen molar-refractivity contribution in [1.29, 1.82) is 0 Å². The van der Waals surface area contributed by atoms with Gasteiger partial charge in [0.2, 0.25) is 0 Å². The fourth-order valence-corrected chi connectivity index (χ4v) is 3.57. The van der Waals surface area contributed by atoms with E-state index in [2.05, 4.69) is 9.97 Å². The van der Waals surface area contributed by atoms with Crippen molar-refractivity contribution in [3.8, 4) is 11.4 Å². The number of hydrogen-bond acceptors (Lipinski definition) is 6. The molecule has 9 heteroatoms. The lowest BCUT2D eigenvalue weighted by Crippen LogP contribution is -2.16. The molecule has 4 rings (SSSR count). The van der Waals surface area contributed by atoms with Crippen molar-refractivity contribution in [1.82, 2.24) is 19.1 Å². The molecule has 8 nitrogen and oxygen atoms in total. The Hall–Kier alpha value is -3.65. The lowest BCUT2D eigenvalue weighted by Gasteiger charge is -2.09. The van der Waals surface area contributed by atoms with E-state index in [1.165, 1.54) is 10.6 Å². The van der Waals surface area contributed by atoms with Crippen LogP contribution in [0.3, 0.4) is 0 Å². The number of carbonyl (C=O) groups excluding carboxylic acids is 1. The number of esters is 1. The summed E-state index contributed by atoms with van der Waals surface area (Å²) in [4.78, 5) is 33.2. The first-order valence-corrected chi connectivity index (χ1v) is 10.9. The minimum absolute atomic E-state index is 0.222. The van der Waals surface area contributed by atoms with Crippen LogP contribution in [0.1, 0.15) is 24.9 Å². The number of hydrogen-bond donors (Lipinski definition) is 0. The lowest BCUT2D eigenvalue weighted by atomic mass is 10.2. The number of nitrogens with zero attached hydrogens (tertiary/aromatic N) is 4. The molecule has 0 spiro atoms. The van der Waals surface area contributed by atoms with E-state index >= 15 is 0 Å². The van der Waals surface area contributed by atoms with Crippen LogP contribution in [0.15, 0.2) is 59.7 Å². The van der Waals surface area contributed by atoms with E-state index in [0.717, 1.165) is 16.9 Å². The summed E-state index contributed by atoms with van der Waals surface area (Å²) in [6.07, 6.45) is 3.97. The van der Waals surface area contributed by atoms with Crippen LogP contribution in [-0.4, -0.2) is 31.7 Å². The van der Waals surface area contributed by atoms with Crippen LogP contribution in [-0.2, 0) is 29.6 Å². The summed E-state index contributed by atoms with van der Waals surface area (Å²) in [5.74, 6) is 0.990. The van der Waals surface area contributed by atoms with Crippen molar-refractivity contribution in [2.45, 2.75) is 26.4 Å². The van der Waals surface area contributed by atoms with Gasteiger partial charge in [-0.15, -0.1) is 0 Å². The SMILES string of the molecule is CCOC(=O)CCc1nc2ccc(-n3ccc(OCc4ccc(Cl)cn4)cc3=O)cc2n1C. The number of ether oxygens (including phenoxy) is 2. The Bertz CT molecular complexity index is 1350. The monoisotopic (exact) mass is 466 g/mol. The van der Waals surface area contributed by atoms with Crippen molar-refractivity contribution in [3.63, 3.8) is 0 Å². The first-order valence-electron chi connectivity index (χ1n) is 10.5. The zero-order valence-electron chi connectivity index (χ0n) is 18.3. The molecule has 170 valence electrons. The molecule has 0 saturated carbocycles. The van der Waals surface area contributed by atoms with Gasteiger partial charge in [0.25, 0.3) is 5.56 Å². The number of carbonyl (C=O) groups is 1. The van der Waals surface area contributed by atoms with Gasteiger partial charge in [0.05, 0.1) is 40.5 Å². The molecule has 4 aromatic rings. The summed E-state index contributed by atoms with van der Waals surface area (Å²) >= 11 is 5.84. The maximum absolute atomic E-state index is 12.7. The number of fused-ring (bicyclic) bond motifs is 1. The minimum Gasteiger partial charge on any atom is -0.487 e. The molecule has 0 radical (unpaired) electrons. The predicted octanol–water partition coefficient (Wildman–Crippen LogP) is 3.85. The van der Waals surface area contributed by atoms with E-state index in [1.54, 1.807) is 37.5 Å². The third kappa shape index (κ3) is 5.23. The molecule has 0 aliphatic carbocycles. The second-order valence-electron chi connectivity index (χ2n) is 7.39.